The minimum absolute atomic E-state index is 0.201. The smallest absolute Gasteiger partial charge is 0.266 e. The van der Waals surface area contributed by atoms with Gasteiger partial charge in [0.2, 0.25) is 5.82 Å². The molecule has 0 saturated carbocycles. The molecule has 3 aromatic rings. The van der Waals surface area contributed by atoms with Gasteiger partial charge in [-0.1, -0.05) is 6.07 Å². The number of hydrogen-bond acceptors (Lipinski definition) is 7. The highest BCUT2D eigenvalue weighted by Gasteiger charge is 2.21. The van der Waals surface area contributed by atoms with Gasteiger partial charge in [-0.2, -0.15) is 0 Å². The van der Waals surface area contributed by atoms with Crippen LogP contribution in [0.3, 0.4) is 0 Å². The molecule has 1 unspecified atom stereocenters. The molecule has 1 N–H and O–H groups in total. The molecule has 164 valence electrons. The number of rotatable bonds is 9. The SMILES string of the molecule is CCOc1ccc(-c2nonc2NC(=O)C(C)Oc2cc(C)cc(C)c2)cc1OCC. The highest BCUT2D eigenvalue weighted by molar-refractivity contribution is 5.96. The maximum Gasteiger partial charge on any atom is 0.266 e. The second-order valence-corrected chi connectivity index (χ2v) is 7.06. The lowest BCUT2D eigenvalue weighted by Crippen LogP contribution is -2.30. The Bertz CT molecular complexity index is 1030. The van der Waals surface area contributed by atoms with Gasteiger partial charge in [-0.25, -0.2) is 4.63 Å². The van der Waals surface area contributed by atoms with Crippen LogP contribution in [0, 0.1) is 13.8 Å². The molecular weight excluding hydrogens is 398 g/mol. The summed E-state index contributed by atoms with van der Waals surface area (Å²) in [6.07, 6.45) is -0.745. The Kier molecular flexibility index (Phi) is 7.12. The maximum atomic E-state index is 12.7. The fourth-order valence-electron chi connectivity index (χ4n) is 3.14. The molecule has 2 aromatic carbocycles. The van der Waals surface area contributed by atoms with E-state index in [-0.39, 0.29) is 11.7 Å². The van der Waals surface area contributed by atoms with Crippen LogP contribution in [0.4, 0.5) is 5.82 Å². The van der Waals surface area contributed by atoms with E-state index >= 15 is 0 Å². The van der Waals surface area contributed by atoms with Gasteiger partial charge >= 0.3 is 0 Å². The number of ether oxygens (including phenoxy) is 3. The molecule has 0 aliphatic rings. The Morgan fingerprint density at radius 2 is 1.68 bits per heavy atom. The molecule has 0 saturated heterocycles. The van der Waals surface area contributed by atoms with E-state index in [0.29, 0.717) is 41.7 Å². The number of benzene rings is 2. The first kappa shape index (κ1) is 22.1. The number of anilines is 1. The summed E-state index contributed by atoms with van der Waals surface area (Å²) in [7, 11) is 0. The molecule has 8 heteroatoms. The van der Waals surface area contributed by atoms with Crippen LogP contribution >= 0.6 is 0 Å². The average molecular weight is 425 g/mol. The standard InChI is InChI=1S/C23H27N3O5/c1-6-28-19-9-8-17(13-20(19)29-7-2)21-22(26-31-25-21)24-23(27)16(5)30-18-11-14(3)10-15(4)12-18/h8-13,16H,6-7H2,1-5H3,(H,24,26,27). The summed E-state index contributed by atoms with van der Waals surface area (Å²) in [6, 6.07) is 11.2. The van der Waals surface area contributed by atoms with Crippen molar-refractivity contribution in [3.8, 4) is 28.5 Å². The van der Waals surface area contributed by atoms with Gasteiger partial charge in [0.15, 0.2) is 23.3 Å². The zero-order valence-electron chi connectivity index (χ0n) is 18.4. The van der Waals surface area contributed by atoms with Gasteiger partial charge in [0, 0.05) is 5.56 Å². The van der Waals surface area contributed by atoms with Crippen molar-refractivity contribution in [3.05, 3.63) is 47.5 Å². The first-order valence-electron chi connectivity index (χ1n) is 10.2. The van der Waals surface area contributed by atoms with Crippen LogP contribution in [0.25, 0.3) is 11.3 Å². The lowest BCUT2D eigenvalue weighted by Gasteiger charge is -2.15. The zero-order chi connectivity index (χ0) is 22.4. The van der Waals surface area contributed by atoms with Crippen LogP contribution in [0.2, 0.25) is 0 Å². The van der Waals surface area contributed by atoms with Gasteiger partial charge in [-0.15, -0.1) is 0 Å². The van der Waals surface area contributed by atoms with Crippen molar-refractivity contribution in [3.63, 3.8) is 0 Å². The van der Waals surface area contributed by atoms with Gasteiger partial charge in [0.25, 0.3) is 5.91 Å². The fraction of sp³-hybridized carbons (Fsp3) is 0.348. The molecule has 0 bridgehead atoms. The van der Waals surface area contributed by atoms with Crippen LogP contribution in [0.1, 0.15) is 31.9 Å². The largest absolute Gasteiger partial charge is 0.490 e. The van der Waals surface area contributed by atoms with Gasteiger partial charge in [-0.3, -0.25) is 4.79 Å². The van der Waals surface area contributed by atoms with Crippen molar-refractivity contribution in [2.75, 3.05) is 18.5 Å². The molecule has 0 aliphatic heterocycles. The van der Waals surface area contributed by atoms with Crippen molar-refractivity contribution in [2.45, 2.75) is 40.7 Å². The molecule has 1 heterocycles. The second kappa shape index (κ2) is 9.97. The molecule has 0 radical (unpaired) electrons. The summed E-state index contributed by atoms with van der Waals surface area (Å²) in [5.41, 5.74) is 3.18. The number of nitrogens with one attached hydrogen (secondary N) is 1. The molecule has 0 aliphatic carbocycles. The van der Waals surface area contributed by atoms with E-state index < -0.39 is 6.10 Å². The average Bonchev–Trinajstić information content (AvgIpc) is 3.17. The maximum absolute atomic E-state index is 12.7. The lowest BCUT2D eigenvalue weighted by atomic mass is 10.1. The summed E-state index contributed by atoms with van der Waals surface area (Å²) in [5.74, 6) is 1.67. The van der Waals surface area contributed by atoms with Gasteiger partial charge in [0.05, 0.1) is 13.2 Å². The predicted molar refractivity (Wildman–Crippen MR) is 117 cm³/mol. The highest BCUT2D eigenvalue weighted by Crippen LogP contribution is 2.34. The molecule has 8 nitrogen and oxygen atoms in total. The molecule has 1 atom stereocenters. The van der Waals surface area contributed by atoms with E-state index in [2.05, 4.69) is 15.6 Å². The van der Waals surface area contributed by atoms with E-state index in [0.717, 1.165) is 11.1 Å². The van der Waals surface area contributed by atoms with E-state index in [1.807, 2.05) is 45.9 Å². The van der Waals surface area contributed by atoms with Crippen LogP contribution in [-0.4, -0.2) is 35.5 Å². The number of aryl methyl sites for hydroxylation is 2. The third-order valence-electron chi connectivity index (χ3n) is 4.42. The molecule has 3 rings (SSSR count). The molecule has 31 heavy (non-hydrogen) atoms. The summed E-state index contributed by atoms with van der Waals surface area (Å²) in [5, 5.41) is 10.5. The number of hydrogen-bond donors (Lipinski definition) is 1. The Morgan fingerprint density at radius 1 is 1.00 bits per heavy atom. The molecule has 0 fully saturated rings. The van der Waals surface area contributed by atoms with Crippen LogP contribution in [0.5, 0.6) is 17.2 Å². The Morgan fingerprint density at radius 3 is 2.35 bits per heavy atom. The Labute approximate surface area is 181 Å². The minimum Gasteiger partial charge on any atom is -0.490 e. The summed E-state index contributed by atoms with van der Waals surface area (Å²) in [4.78, 5) is 12.7. The summed E-state index contributed by atoms with van der Waals surface area (Å²) < 4.78 is 21.9. The van der Waals surface area contributed by atoms with E-state index in [9.17, 15) is 4.79 Å². The quantitative estimate of drug-likeness (QED) is 0.537. The van der Waals surface area contributed by atoms with Crippen molar-refractivity contribution >= 4 is 11.7 Å². The third-order valence-corrected chi connectivity index (χ3v) is 4.42. The minimum atomic E-state index is -0.745. The topological polar surface area (TPSA) is 95.7 Å². The number of nitrogens with zero attached hydrogens (tertiary/aromatic N) is 2. The second-order valence-electron chi connectivity index (χ2n) is 7.06. The third kappa shape index (κ3) is 5.53. The summed E-state index contributed by atoms with van der Waals surface area (Å²) >= 11 is 0. The first-order chi connectivity index (χ1) is 14.9. The molecule has 0 spiro atoms. The van der Waals surface area contributed by atoms with Crippen molar-refractivity contribution in [1.29, 1.82) is 0 Å². The van der Waals surface area contributed by atoms with E-state index in [1.54, 1.807) is 25.1 Å². The van der Waals surface area contributed by atoms with Gasteiger partial charge < -0.3 is 19.5 Å². The molecule has 1 aromatic heterocycles. The van der Waals surface area contributed by atoms with E-state index in [1.165, 1.54) is 0 Å². The fourth-order valence-corrected chi connectivity index (χ4v) is 3.14. The predicted octanol–water partition coefficient (Wildman–Crippen LogP) is 4.56. The zero-order valence-corrected chi connectivity index (χ0v) is 18.4. The van der Waals surface area contributed by atoms with Gasteiger partial charge in [0.1, 0.15) is 5.75 Å². The first-order valence-corrected chi connectivity index (χ1v) is 10.2. The van der Waals surface area contributed by atoms with Crippen LogP contribution in [0.15, 0.2) is 41.0 Å². The van der Waals surface area contributed by atoms with Crippen LogP contribution in [-0.2, 0) is 4.79 Å². The number of carbonyl (C=O) groups is 1. The van der Waals surface area contributed by atoms with Crippen molar-refractivity contribution < 1.29 is 23.6 Å². The Hall–Kier alpha value is -3.55. The number of aromatic nitrogens is 2. The Balaban J connectivity index is 1.76. The monoisotopic (exact) mass is 425 g/mol. The van der Waals surface area contributed by atoms with Crippen molar-refractivity contribution in [1.82, 2.24) is 10.3 Å². The van der Waals surface area contributed by atoms with Crippen LogP contribution < -0.4 is 19.5 Å². The van der Waals surface area contributed by atoms with E-state index in [4.69, 9.17) is 18.8 Å². The lowest BCUT2D eigenvalue weighted by molar-refractivity contribution is -0.122. The normalized spacial score (nSPS) is 11.6. The van der Waals surface area contributed by atoms with Gasteiger partial charge in [-0.05, 0) is 86.4 Å². The highest BCUT2D eigenvalue weighted by atomic mass is 16.6. The molecule has 1 amide bonds. The molecular formula is C23H27N3O5. The summed E-state index contributed by atoms with van der Waals surface area (Å²) in [6.45, 7) is 10.4. The van der Waals surface area contributed by atoms with Crippen molar-refractivity contribution in [2.24, 2.45) is 0 Å². The number of carbonyl (C=O) groups excluding carboxylic acids is 1. The number of amides is 1.